The minimum Gasteiger partial charge on any atom is -0.473 e. The molecule has 0 radical (unpaired) electrons. The highest BCUT2D eigenvalue weighted by atomic mass is 16.5. The third-order valence-corrected chi connectivity index (χ3v) is 4.61. The summed E-state index contributed by atoms with van der Waals surface area (Å²) in [4.78, 5) is 22.7. The van der Waals surface area contributed by atoms with Crippen LogP contribution in [-0.4, -0.2) is 44.5 Å². The average molecular weight is 336 g/mol. The summed E-state index contributed by atoms with van der Waals surface area (Å²) in [5.41, 5.74) is 1.09. The Kier molecular flexibility index (Phi) is 4.33. The lowest BCUT2D eigenvalue weighted by Crippen LogP contribution is -2.43. The Hall–Kier alpha value is -2.89. The van der Waals surface area contributed by atoms with Crippen molar-refractivity contribution >= 4 is 16.8 Å². The maximum atomic E-state index is 12.6. The van der Waals surface area contributed by atoms with Gasteiger partial charge in [0.2, 0.25) is 11.8 Å². The molecule has 1 aliphatic rings. The van der Waals surface area contributed by atoms with Gasteiger partial charge in [-0.1, -0.05) is 18.2 Å². The predicted molar refractivity (Wildman–Crippen MR) is 94.2 cm³/mol. The molecule has 1 aliphatic heterocycles. The molecule has 3 heterocycles. The van der Waals surface area contributed by atoms with Gasteiger partial charge in [-0.15, -0.1) is 0 Å². The van der Waals surface area contributed by atoms with Gasteiger partial charge in [0, 0.05) is 50.0 Å². The number of hydrogen-bond donors (Lipinski definition) is 0. The summed E-state index contributed by atoms with van der Waals surface area (Å²) in [6.45, 7) is 1.80. The lowest BCUT2D eigenvalue weighted by Gasteiger charge is -2.32. The number of carbonyl (C=O) groups excluding carboxylic acids is 1. The van der Waals surface area contributed by atoms with Crippen LogP contribution < -0.4 is 4.74 Å². The molecule has 0 N–H and O–H groups in total. The van der Waals surface area contributed by atoms with Crippen LogP contribution in [0.1, 0.15) is 12.8 Å². The molecule has 1 fully saturated rings. The number of carbonyl (C=O) groups is 1. The van der Waals surface area contributed by atoms with Gasteiger partial charge < -0.3 is 14.2 Å². The van der Waals surface area contributed by atoms with E-state index in [1.165, 1.54) is 0 Å². The van der Waals surface area contributed by atoms with Crippen LogP contribution in [0.3, 0.4) is 0 Å². The maximum absolute atomic E-state index is 12.6. The Morgan fingerprint density at radius 2 is 2.00 bits per heavy atom. The fourth-order valence-corrected chi connectivity index (χ4v) is 3.26. The Morgan fingerprint density at radius 1 is 1.16 bits per heavy atom. The van der Waals surface area contributed by atoms with Crippen LogP contribution in [0.15, 0.2) is 55.1 Å². The van der Waals surface area contributed by atoms with Crippen molar-refractivity contribution in [3.8, 4) is 5.88 Å². The molecular weight excluding hydrogens is 316 g/mol. The van der Waals surface area contributed by atoms with E-state index < -0.39 is 0 Å². The van der Waals surface area contributed by atoms with Crippen molar-refractivity contribution in [2.45, 2.75) is 25.5 Å². The first-order valence-electron chi connectivity index (χ1n) is 8.54. The zero-order valence-corrected chi connectivity index (χ0v) is 13.9. The minimum atomic E-state index is 0.0909. The van der Waals surface area contributed by atoms with Gasteiger partial charge in [-0.25, -0.2) is 4.98 Å². The molecule has 0 unspecified atom stereocenters. The number of nitrogens with zero attached hydrogens (tertiary/aromatic N) is 4. The summed E-state index contributed by atoms with van der Waals surface area (Å²) in [6.07, 6.45) is 8.56. The molecule has 25 heavy (non-hydrogen) atoms. The lowest BCUT2D eigenvalue weighted by molar-refractivity contribution is -0.133. The van der Waals surface area contributed by atoms with Crippen molar-refractivity contribution in [3.05, 3.63) is 55.1 Å². The number of fused-ring (bicyclic) bond motifs is 1. The first kappa shape index (κ1) is 15.6. The van der Waals surface area contributed by atoms with Crippen molar-refractivity contribution in [3.63, 3.8) is 0 Å². The molecule has 128 valence electrons. The molecular formula is C19H20N4O2. The molecule has 3 aromatic rings. The Labute approximate surface area is 146 Å². The van der Waals surface area contributed by atoms with Crippen LogP contribution in [0, 0.1) is 0 Å². The average Bonchev–Trinajstić information content (AvgIpc) is 3.06. The van der Waals surface area contributed by atoms with Gasteiger partial charge >= 0.3 is 0 Å². The molecule has 0 spiro atoms. The van der Waals surface area contributed by atoms with E-state index in [0.29, 0.717) is 25.5 Å². The summed E-state index contributed by atoms with van der Waals surface area (Å²) in [7, 11) is 0. The van der Waals surface area contributed by atoms with E-state index in [1.807, 2.05) is 39.9 Å². The summed E-state index contributed by atoms with van der Waals surface area (Å²) < 4.78 is 7.84. The number of hydrogen-bond acceptors (Lipinski definition) is 4. The van der Waals surface area contributed by atoms with Crippen LogP contribution >= 0.6 is 0 Å². The number of ether oxygens (including phenoxy) is 1. The van der Waals surface area contributed by atoms with E-state index in [4.69, 9.17) is 4.74 Å². The highest BCUT2D eigenvalue weighted by molar-refractivity contribution is 5.83. The van der Waals surface area contributed by atoms with E-state index in [-0.39, 0.29) is 12.0 Å². The second kappa shape index (κ2) is 6.93. The normalized spacial score (nSPS) is 15.4. The molecule has 0 bridgehead atoms. The molecule has 6 heteroatoms. The highest BCUT2D eigenvalue weighted by Gasteiger charge is 2.24. The van der Waals surface area contributed by atoms with E-state index >= 15 is 0 Å². The fourth-order valence-electron chi connectivity index (χ4n) is 3.26. The summed E-state index contributed by atoms with van der Waals surface area (Å²) in [5, 5.41) is 1.16. The highest BCUT2D eigenvalue weighted by Crippen LogP contribution is 2.18. The van der Waals surface area contributed by atoms with Crippen molar-refractivity contribution < 1.29 is 9.53 Å². The third kappa shape index (κ3) is 3.47. The Morgan fingerprint density at radius 3 is 2.80 bits per heavy atom. The number of amides is 1. The topological polar surface area (TPSA) is 60.2 Å². The van der Waals surface area contributed by atoms with E-state index in [0.717, 1.165) is 23.7 Å². The first-order chi connectivity index (χ1) is 12.3. The second-order valence-corrected chi connectivity index (χ2v) is 6.24. The number of para-hydroxylation sites is 1. The number of likely N-dealkylation sites (tertiary alicyclic amines) is 1. The minimum absolute atomic E-state index is 0.0909. The number of benzene rings is 1. The second-order valence-electron chi connectivity index (χ2n) is 6.24. The van der Waals surface area contributed by atoms with Crippen molar-refractivity contribution in [2.24, 2.45) is 0 Å². The van der Waals surface area contributed by atoms with Crippen LogP contribution in [-0.2, 0) is 11.3 Å². The largest absolute Gasteiger partial charge is 0.473 e. The molecule has 1 saturated heterocycles. The smallest absolute Gasteiger partial charge is 0.242 e. The molecule has 1 amide bonds. The molecule has 2 aromatic heterocycles. The molecule has 0 saturated carbocycles. The zero-order chi connectivity index (χ0) is 17.1. The van der Waals surface area contributed by atoms with Crippen LogP contribution in [0.5, 0.6) is 5.88 Å². The van der Waals surface area contributed by atoms with E-state index in [1.54, 1.807) is 18.6 Å². The maximum Gasteiger partial charge on any atom is 0.242 e. The number of aromatic nitrogens is 3. The monoisotopic (exact) mass is 336 g/mol. The van der Waals surface area contributed by atoms with E-state index in [2.05, 4.69) is 16.0 Å². The Balaban J connectivity index is 1.33. The van der Waals surface area contributed by atoms with Crippen molar-refractivity contribution in [1.82, 2.24) is 19.4 Å². The van der Waals surface area contributed by atoms with Gasteiger partial charge in [-0.3, -0.25) is 9.78 Å². The van der Waals surface area contributed by atoms with Crippen LogP contribution in [0.25, 0.3) is 10.9 Å². The summed E-state index contributed by atoms with van der Waals surface area (Å²) in [6, 6.07) is 10.2. The van der Waals surface area contributed by atoms with Gasteiger partial charge in [0.1, 0.15) is 12.6 Å². The lowest BCUT2D eigenvalue weighted by atomic mass is 10.1. The SMILES string of the molecule is O=C(Cn1ccc2ccccc21)N1CCC(Oc2cnccn2)CC1. The molecule has 0 aliphatic carbocycles. The van der Waals surface area contributed by atoms with Crippen molar-refractivity contribution in [1.29, 1.82) is 0 Å². The molecule has 0 atom stereocenters. The van der Waals surface area contributed by atoms with Crippen LogP contribution in [0.2, 0.25) is 0 Å². The van der Waals surface area contributed by atoms with Crippen LogP contribution in [0.4, 0.5) is 0 Å². The fraction of sp³-hybridized carbons (Fsp3) is 0.316. The van der Waals surface area contributed by atoms with Gasteiger partial charge in [-0.05, 0) is 17.5 Å². The molecule has 6 nitrogen and oxygen atoms in total. The standard InChI is InChI=1S/C19H20N4O2/c24-19(14-23-10-5-15-3-1-2-4-17(15)23)22-11-6-16(7-12-22)25-18-13-20-8-9-21-18/h1-5,8-10,13,16H,6-7,11-12,14H2. The summed E-state index contributed by atoms with van der Waals surface area (Å²) >= 11 is 0. The molecule has 4 rings (SSSR count). The van der Waals surface area contributed by atoms with Gasteiger partial charge in [-0.2, -0.15) is 0 Å². The quantitative estimate of drug-likeness (QED) is 0.734. The Bertz CT molecular complexity index is 854. The zero-order valence-electron chi connectivity index (χ0n) is 13.9. The van der Waals surface area contributed by atoms with Gasteiger partial charge in [0.25, 0.3) is 0 Å². The van der Waals surface area contributed by atoms with Gasteiger partial charge in [0.05, 0.1) is 6.20 Å². The van der Waals surface area contributed by atoms with E-state index in [9.17, 15) is 4.79 Å². The molecule has 1 aromatic carbocycles. The third-order valence-electron chi connectivity index (χ3n) is 4.61. The first-order valence-corrected chi connectivity index (χ1v) is 8.54. The number of rotatable bonds is 4. The van der Waals surface area contributed by atoms with Crippen molar-refractivity contribution in [2.75, 3.05) is 13.1 Å². The number of piperidine rings is 1. The predicted octanol–water partition coefficient (Wildman–Crippen LogP) is 2.50. The van der Waals surface area contributed by atoms with Gasteiger partial charge in [0.15, 0.2) is 0 Å². The summed E-state index contributed by atoms with van der Waals surface area (Å²) in [5.74, 6) is 0.699.